The SMILES string of the molecule is c1ccc(Oc2ccc(-c3ccc(OCCCN4CCCCC4)cc3)nn2)cc1. The third-order valence-corrected chi connectivity index (χ3v) is 5.09. The first kappa shape index (κ1) is 19.4. The average Bonchev–Trinajstić information content (AvgIpc) is 2.79. The molecule has 0 amide bonds. The number of benzene rings is 2. The van der Waals surface area contributed by atoms with Crippen LogP contribution in [0.5, 0.6) is 17.4 Å². The van der Waals surface area contributed by atoms with Crippen molar-refractivity contribution >= 4 is 0 Å². The molecule has 5 heteroatoms. The highest BCUT2D eigenvalue weighted by atomic mass is 16.5. The molecule has 150 valence electrons. The molecule has 0 spiro atoms. The van der Waals surface area contributed by atoms with Gasteiger partial charge in [0.2, 0.25) is 5.88 Å². The minimum atomic E-state index is 0.480. The van der Waals surface area contributed by atoms with Crippen molar-refractivity contribution in [1.82, 2.24) is 15.1 Å². The second kappa shape index (κ2) is 10.0. The fraction of sp³-hybridized carbons (Fsp3) is 0.333. The summed E-state index contributed by atoms with van der Waals surface area (Å²) < 4.78 is 11.6. The highest BCUT2D eigenvalue weighted by Crippen LogP contribution is 2.23. The van der Waals surface area contributed by atoms with Crippen molar-refractivity contribution in [3.05, 3.63) is 66.7 Å². The molecule has 2 heterocycles. The Morgan fingerprint density at radius 2 is 1.55 bits per heavy atom. The molecule has 0 radical (unpaired) electrons. The van der Waals surface area contributed by atoms with Gasteiger partial charge in [0.25, 0.3) is 0 Å². The molecule has 5 nitrogen and oxygen atoms in total. The third-order valence-electron chi connectivity index (χ3n) is 5.09. The van der Waals surface area contributed by atoms with Gasteiger partial charge in [-0.25, -0.2) is 0 Å². The van der Waals surface area contributed by atoms with Gasteiger partial charge in [-0.15, -0.1) is 10.2 Å². The largest absolute Gasteiger partial charge is 0.494 e. The molecule has 0 saturated carbocycles. The van der Waals surface area contributed by atoms with Gasteiger partial charge in [0.1, 0.15) is 11.5 Å². The Morgan fingerprint density at radius 1 is 0.759 bits per heavy atom. The average molecular weight is 389 g/mol. The van der Waals surface area contributed by atoms with Crippen LogP contribution in [-0.2, 0) is 0 Å². The fourth-order valence-electron chi connectivity index (χ4n) is 3.52. The summed E-state index contributed by atoms with van der Waals surface area (Å²) in [6.07, 6.45) is 5.12. The molecule has 0 atom stereocenters. The van der Waals surface area contributed by atoms with Gasteiger partial charge in [0, 0.05) is 18.2 Å². The van der Waals surface area contributed by atoms with Crippen LogP contribution < -0.4 is 9.47 Å². The molecule has 1 saturated heterocycles. The lowest BCUT2D eigenvalue weighted by molar-refractivity contribution is 0.205. The summed E-state index contributed by atoms with van der Waals surface area (Å²) in [5.41, 5.74) is 1.81. The molecule has 0 aliphatic carbocycles. The van der Waals surface area contributed by atoms with E-state index in [1.54, 1.807) is 0 Å². The van der Waals surface area contributed by atoms with Crippen molar-refractivity contribution in [2.75, 3.05) is 26.2 Å². The quantitative estimate of drug-likeness (QED) is 0.496. The van der Waals surface area contributed by atoms with Crippen LogP contribution >= 0.6 is 0 Å². The molecule has 29 heavy (non-hydrogen) atoms. The van der Waals surface area contributed by atoms with E-state index in [1.807, 2.05) is 66.7 Å². The Morgan fingerprint density at radius 3 is 2.28 bits per heavy atom. The van der Waals surface area contributed by atoms with Gasteiger partial charge >= 0.3 is 0 Å². The molecule has 1 aliphatic rings. The zero-order chi connectivity index (χ0) is 19.7. The first-order valence-corrected chi connectivity index (χ1v) is 10.4. The van der Waals surface area contributed by atoms with Gasteiger partial charge in [-0.05, 0) is 74.8 Å². The topological polar surface area (TPSA) is 47.5 Å². The van der Waals surface area contributed by atoms with Crippen molar-refractivity contribution in [2.24, 2.45) is 0 Å². The van der Waals surface area contributed by atoms with Gasteiger partial charge in [-0.2, -0.15) is 0 Å². The molecule has 1 aromatic heterocycles. The molecular formula is C24H27N3O2. The Kier molecular flexibility index (Phi) is 6.71. The summed E-state index contributed by atoms with van der Waals surface area (Å²) in [4.78, 5) is 2.54. The number of hydrogen-bond acceptors (Lipinski definition) is 5. The van der Waals surface area contributed by atoms with E-state index in [9.17, 15) is 0 Å². The normalized spacial score (nSPS) is 14.5. The van der Waals surface area contributed by atoms with E-state index >= 15 is 0 Å². The van der Waals surface area contributed by atoms with E-state index in [2.05, 4.69) is 15.1 Å². The molecule has 0 bridgehead atoms. The third kappa shape index (κ3) is 5.78. The smallest absolute Gasteiger partial charge is 0.238 e. The lowest BCUT2D eigenvalue weighted by atomic mass is 10.1. The number of para-hydroxylation sites is 1. The minimum Gasteiger partial charge on any atom is -0.494 e. The molecule has 1 aliphatic heterocycles. The van der Waals surface area contributed by atoms with E-state index in [0.717, 1.165) is 42.3 Å². The predicted molar refractivity (Wildman–Crippen MR) is 114 cm³/mol. The molecule has 0 unspecified atom stereocenters. The molecule has 3 aromatic rings. The van der Waals surface area contributed by atoms with Crippen LogP contribution in [0.25, 0.3) is 11.3 Å². The van der Waals surface area contributed by atoms with Crippen LogP contribution in [-0.4, -0.2) is 41.3 Å². The summed E-state index contributed by atoms with van der Waals surface area (Å²) >= 11 is 0. The predicted octanol–water partition coefficient (Wildman–Crippen LogP) is 5.19. The van der Waals surface area contributed by atoms with Crippen molar-refractivity contribution in [1.29, 1.82) is 0 Å². The lowest BCUT2D eigenvalue weighted by Crippen LogP contribution is -2.31. The number of nitrogens with zero attached hydrogens (tertiary/aromatic N) is 3. The number of hydrogen-bond donors (Lipinski definition) is 0. The number of likely N-dealkylation sites (tertiary alicyclic amines) is 1. The van der Waals surface area contributed by atoms with Crippen LogP contribution in [0.4, 0.5) is 0 Å². The zero-order valence-corrected chi connectivity index (χ0v) is 16.7. The lowest BCUT2D eigenvalue weighted by Gasteiger charge is -2.26. The standard InChI is InChI=1S/C24H27N3O2/c1-3-8-22(9-4-1)29-24-15-14-23(25-26-24)20-10-12-21(13-11-20)28-19-7-18-27-16-5-2-6-17-27/h1,3-4,8-15H,2,5-7,16-19H2. The first-order chi connectivity index (χ1) is 14.4. The zero-order valence-electron chi connectivity index (χ0n) is 16.7. The number of rotatable bonds is 8. The summed E-state index contributed by atoms with van der Waals surface area (Å²) in [7, 11) is 0. The van der Waals surface area contributed by atoms with Crippen molar-refractivity contribution in [2.45, 2.75) is 25.7 Å². The van der Waals surface area contributed by atoms with Gasteiger partial charge < -0.3 is 14.4 Å². The first-order valence-electron chi connectivity index (χ1n) is 10.4. The molecule has 1 fully saturated rings. The Balaban J connectivity index is 1.26. The minimum absolute atomic E-state index is 0.480. The van der Waals surface area contributed by atoms with Crippen LogP contribution in [0.2, 0.25) is 0 Å². The van der Waals surface area contributed by atoms with Crippen LogP contribution in [0.3, 0.4) is 0 Å². The summed E-state index contributed by atoms with van der Waals surface area (Å²) in [5.74, 6) is 2.12. The highest BCUT2D eigenvalue weighted by Gasteiger charge is 2.09. The number of piperidine rings is 1. The van der Waals surface area contributed by atoms with E-state index in [1.165, 1.54) is 32.4 Å². The van der Waals surface area contributed by atoms with Crippen LogP contribution in [0.1, 0.15) is 25.7 Å². The van der Waals surface area contributed by atoms with E-state index < -0.39 is 0 Å². The Hall–Kier alpha value is -2.92. The second-order valence-corrected chi connectivity index (χ2v) is 7.30. The van der Waals surface area contributed by atoms with Crippen molar-refractivity contribution < 1.29 is 9.47 Å². The monoisotopic (exact) mass is 389 g/mol. The Bertz CT molecular complexity index is 861. The van der Waals surface area contributed by atoms with Crippen LogP contribution in [0.15, 0.2) is 66.7 Å². The van der Waals surface area contributed by atoms with Crippen molar-refractivity contribution in [3.8, 4) is 28.6 Å². The molecule has 4 rings (SSSR count). The maximum absolute atomic E-state index is 5.89. The van der Waals surface area contributed by atoms with Gasteiger partial charge in [0.05, 0.1) is 12.3 Å². The fourth-order valence-corrected chi connectivity index (χ4v) is 3.52. The molecule has 2 aromatic carbocycles. The van der Waals surface area contributed by atoms with Crippen molar-refractivity contribution in [3.63, 3.8) is 0 Å². The Labute approximate surface area is 172 Å². The van der Waals surface area contributed by atoms with Gasteiger partial charge in [-0.3, -0.25) is 0 Å². The maximum Gasteiger partial charge on any atom is 0.238 e. The number of ether oxygens (including phenoxy) is 2. The van der Waals surface area contributed by atoms with E-state index in [4.69, 9.17) is 9.47 Å². The summed E-state index contributed by atoms with van der Waals surface area (Å²) in [5, 5.41) is 8.45. The summed E-state index contributed by atoms with van der Waals surface area (Å²) in [6, 6.07) is 21.3. The summed E-state index contributed by atoms with van der Waals surface area (Å²) in [6.45, 7) is 4.36. The van der Waals surface area contributed by atoms with Crippen LogP contribution in [0, 0.1) is 0 Å². The second-order valence-electron chi connectivity index (χ2n) is 7.30. The van der Waals surface area contributed by atoms with E-state index in [-0.39, 0.29) is 0 Å². The van der Waals surface area contributed by atoms with Gasteiger partial charge in [0.15, 0.2) is 0 Å². The molecule has 0 N–H and O–H groups in total. The highest BCUT2D eigenvalue weighted by molar-refractivity contribution is 5.59. The number of aromatic nitrogens is 2. The molecular weight excluding hydrogens is 362 g/mol. The van der Waals surface area contributed by atoms with E-state index in [0.29, 0.717) is 5.88 Å². The van der Waals surface area contributed by atoms with Gasteiger partial charge in [-0.1, -0.05) is 24.6 Å². The maximum atomic E-state index is 5.89.